The Morgan fingerprint density at radius 2 is 1.81 bits per heavy atom. The summed E-state index contributed by atoms with van der Waals surface area (Å²) < 4.78 is 18.3. The van der Waals surface area contributed by atoms with E-state index in [1.165, 1.54) is 28.8 Å². The van der Waals surface area contributed by atoms with Crippen LogP contribution in [0, 0.1) is 11.7 Å². The molecule has 1 heterocycles. The van der Waals surface area contributed by atoms with Gasteiger partial charge in [-0.25, -0.2) is 9.18 Å². The Labute approximate surface area is 196 Å². The van der Waals surface area contributed by atoms with Crippen molar-refractivity contribution in [2.24, 2.45) is 5.92 Å². The number of carbonyl (C=O) groups is 2. The van der Waals surface area contributed by atoms with E-state index in [1.54, 1.807) is 31.0 Å². The van der Waals surface area contributed by atoms with Gasteiger partial charge in [-0.1, -0.05) is 24.3 Å². The van der Waals surface area contributed by atoms with Crippen LogP contribution in [-0.2, 0) is 21.8 Å². The standard InChI is InChI=1S/C24H28FNO4S2/c1-30-20-9-5-17(6-10-20)14-32-15-22(31-2)23(27)26-13-18(12-21(26)24(28)29)11-16-3-7-19(25)8-4-16/h3-10,18,21-22H,11-15H2,1-2H3,(H,28,29)/t18?,21-,22?/m0/s1. The van der Waals surface area contributed by atoms with E-state index >= 15 is 0 Å². The molecule has 32 heavy (non-hydrogen) atoms. The molecule has 0 bridgehead atoms. The van der Waals surface area contributed by atoms with Crippen LogP contribution in [0.3, 0.4) is 0 Å². The average molecular weight is 478 g/mol. The highest BCUT2D eigenvalue weighted by atomic mass is 32.2. The smallest absolute Gasteiger partial charge is 0.326 e. The maximum atomic E-state index is 13.2. The fraction of sp³-hybridized carbons (Fsp3) is 0.417. The van der Waals surface area contributed by atoms with Gasteiger partial charge in [0.15, 0.2) is 0 Å². The second kappa shape index (κ2) is 11.6. The van der Waals surface area contributed by atoms with Gasteiger partial charge in [0.2, 0.25) is 5.91 Å². The molecule has 2 unspecified atom stereocenters. The Morgan fingerprint density at radius 3 is 2.41 bits per heavy atom. The summed E-state index contributed by atoms with van der Waals surface area (Å²) in [6.07, 6.45) is 2.93. The van der Waals surface area contributed by atoms with Gasteiger partial charge in [-0.3, -0.25) is 4.79 Å². The second-order valence-corrected chi connectivity index (χ2v) is 9.94. The summed E-state index contributed by atoms with van der Waals surface area (Å²) in [4.78, 5) is 26.6. The minimum atomic E-state index is -0.967. The van der Waals surface area contributed by atoms with Crippen LogP contribution in [0.25, 0.3) is 0 Å². The maximum absolute atomic E-state index is 13.2. The largest absolute Gasteiger partial charge is 0.497 e. The van der Waals surface area contributed by atoms with Crippen molar-refractivity contribution in [1.82, 2.24) is 4.90 Å². The number of thioether (sulfide) groups is 2. The first-order valence-electron chi connectivity index (χ1n) is 10.4. The zero-order valence-corrected chi connectivity index (χ0v) is 19.8. The maximum Gasteiger partial charge on any atom is 0.326 e. The molecule has 1 saturated heterocycles. The molecule has 2 aromatic carbocycles. The van der Waals surface area contributed by atoms with Crippen LogP contribution < -0.4 is 4.74 Å². The number of benzene rings is 2. The normalized spacial score (nSPS) is 19.0. The molecule has 1 aliphatic rings. The summed E-state index contributed by atoms with van der Waals surface area (Å²) in [5, 5.41) is 9.41. The summed E-state index contributed by atoms with van der Waals surface area (Å²) in [6.45, 7) is 0.410. The van der Waals surface area contributed by atoms with Gasteiger partial charge in [0, 0.05) is 18.1 Å². The Hall–Kier alpha value is -2.19. The Kier molecular flexibility index (Phi) is 8.87. The molecule has 8 heteroatoms. The van der Waals surface area contributed by atoms with Gasteiger partial charge in [0.1, 0.15) is 17.6 Å². The number of rotatable bonds is 10. The lowest BCUT2D eigenvalue weighted by Gasteiger charge is -2.26. The number of likely N-dealkylation sites (tertiary alicyclic amines) is 1. The van der Waals surface area contributed by atoms with E-state index in [1.807, 2.05) is 30.5 Å². The predicted octanol–water partition coefficient (Wildman–Crippen LogP) is 4.34. The highest BCUT2D eigenvalue weighted by molar-refractivity contribution is 8.03. The minimum absolute atomic E-state index is 0.0416. The summed E-state index contributed by atoms with van der Waals surface area (Å²) in [6, 6.07) is 13.3. The molecule has 0 aliphatic carbocycles. The van der Waals surface area contributed by atoms with Crippen LogP contribution in [0.5, 0.6) is 5.75 Å². The first kappa shape index (κ1) is 24.5. The molecule has 0 saturated carbocycles. The van der Waals surface area contributed by atoms with E-state index in [0.29, 0.717) is 25.1 Å². The van der Waals surface area contributed by atoms with Crippen LogP contribution in [0.1, 0.15) is 17.5 Å². The molecule has 3 rings (SSSR count). The molecule has 2 aromatic rings. The molecular formula is C24H28FNO4S2. The first-order valence-corrected chi connectivity index (χ1v) is 12.9. The molecule has 172 valence electrons. The highest BCUT2D eigenvalue weighted by Gasteiger charge is 2.41. The third kappa shape index (κ3) is 6.42. The average Bonchev–Trinajstić information content (AvgIpc) is 3.22. The van der Waals surface area contributed by atoms with Gasteiger partial charge in [0.05, 0.1) is 12.4 Å². The van der Waals surface area contributed by atoms with E-state index in [4.69, 9.17) is 4.74 Å². The van der Waals surface area contributed by atoms with Crippen molar-refractivity contribution in [3.05, 3.63) is 65.5 Å². The van der Waals surface area contributed by atoms with Crippen molar-refractivity contribution in [3.63, 3.8) is 0 Å². The molecule has 1 N–H and O–H groups in total. The molecule has 3 atom stereocenters. The number of hydrogen-bond acceptors (Lipinski definition) is 5. The Balaban J connectivity index is 1.58. The molecule has 1 amide bonds. The van der Waals surface area contributed by atoms with Crippen molar-refractivity contribution in [1.29, 1.82) is 0 Å². The Bertz CT molecular complexity index is 907. The van der Waals surface area contributed by atoms with Crippen LogP contribution in [0.15, 0.2) is 48.5 Å². The molecule has 5 nitrogen and oxygen atoms in total. The van der Waals surface area contributed by atoms with E-state index < -0.39 is 12.0 Å². The minimum Gasteiger partial charge on any atom is -0.497 e. The summed E-state index contributed by atoms with van der Waals surface area (Å²) >= 11 is 3.12. The second-order valence-electron chi connectivity index (χ2n) is 7.86. The van der Waals surface area contributed by atoms with Crippen molar-refractivity contribution in [2.75, 3.05) is 25.7 Å². The number of methoxy groups -OCH3 is 1. The number of halogens is 1. The topological polar surface area (TPSA) is 66.8 Å². The fourth-order valence-electron chi connectivity index (χ4n) is 3.93. The van der Waals surface area contributed by atoms with Crippen LogP contribution in [-0.4, -0.2) is 58.8 Å². The number of carboxylic acids is 1. The summed E-state index contributed by atoms with van der Waals surface area (Å²) in [7, 11) is 1.63. The van der Waals surface area contributed by atoms with Crippen molar-refractivity contribution in [3.8, 4) is 5.75 Å². The number of ether oxygens (including phenoxy) is 1. The number of nitrogens with zero attached hydrogens (tertiary/aromatic N) is 1. The predicted molar refractivity (Wildman–Crippen MR) is 128 cm³/mol. The van der Waals surface area contributed by atoms with E-state index in [2.05, 4.69) is 0 Å². The molecule has 1 fully saturated rings. The molecular weight excluding hydrogens is 449 g/mol. The highest BCUT2D eigenvalue weighted by Crippen LogP contribution is 2.30. The lowest BCUT2D eigenvalue weighted by molar-refractivity contribution is -0.147. The molecule has 0 aromatic heterocycles. The zero-order chi connectivity index (χ0) is 23.1. The molecule has 1 aliphatic heterocycles. The SMILES string of the molecule is COc1ccc(CSCC(SC)C(=O)N2CC(Cc3ccc(F)cc3)C[C@H]2C(=O)O)cc1. The number of hydrogen-bond donors (Lipinski definition) is 1. The lowest BCUT2D eigenvalue weighted by atomic mass is 9.97. The third-order valence-electron chi connectivity index (χ3n) is 5.65. The summed E-state index contributed by atoms with van der Waals surface area (Å²) in [5.74, 6) is 0.844. The number of aliphatic carboxylic acids is 1. The van der Waals surface area contributed by atoms with Crippen LogP contribution >= 0.6 is 23.5 Å². The number of carboxylic acid groups (broad SMARTS) is 1. The van der Waals surface area contributed by atoms with E-state index in [-0.39, 0.29) is 22.9 Å². The number of carbonyl (C=O) groups excluding carboxylic acids is 1. The van der Waals surface area contributed by atoms with Gasteiger partial charge in [-0.05, 0) is 60.4 Å². The van der Waals surface area contributed by atoms with Crippen LogP contribution in [0.2, 0.25) is 0 Å². The van der Waals surface area contributed by atoms with Gasteiger partial charge in [-0.15, -0.1) is 0 Å². The van der Waals surface area contributed by atoms with Crippen LogP contribution in [0.4, 0.5) is 4.39 Å². The molecule has 0 spiro atoms. The van der Waals surface area contributed by atoms with Crippen molar-refractivity contribution in [2.45, 2.75) is 29.9 Å². The third-order valence-corrected chi connectivity index (χ3v) is 7.91. The van der Waals surface area contributed by atoms with Gasteiger partial charge >= 0.3 is 5.97 Å². The Morgan fingerprint density at radius 1 is 1.16 bits per heavy atom. The van der Waals surface area contributed by atoms with Gasteiger partial charge in [0.25, 0.3) is 0 Å². The first-order chi connectivity index (χ1) is 15.4. The van der Waals surface area contributed by atoms with Gasteiger partial charge in [-0.2, -0.15) is 23.5 Å². The van der Waals surface area contributed by atoms with Crippen molar-refractivity contribution < 1.29 is 23.8 Å². The summed E-state index contributed by atoms with van der Waals surface area (Å²) in [5.41, 5.74) is 2.10. The number of amides is 1. The lowest BCUT2D eigenvalue weighted by Crippen LogP contribution is -2.45. The molecule has 0 radical (unpaired) electrons. The van der Waals surface area contributed by atoms with E-state index in [9.17, 15) is 19.1 Å². The quantitative estimate of drug-likeness (QED) is 0.549. The fourth-order valence-corrected chi connectivity index (χ4v) is 6.01. The zero-order valence-electron chi connectivity index (χ0n) is 18.2. The van der Waals surface area contributed by atoms with Crippen molar-refractivity contribution >= 4 is 35.4 Å². The van der Waals surface area contributed by atoms with E-state index in [0.717, 1.165) is 22.6 Å². The monoisotopic (exact) mass is 477 g/mol. The van der Waals surface area contributed by atoms with Gasteiger partial charge < -0.3 is 14.7 Å².